The van der Waals surface area contributed by atoms with Crippen molar-refractivity contribution < 1.29 is 36.6 Å². The Morgan fingerprint density at radius 1 is 1.05 bits per heavy atom. The lowest BCUT2D eigenvalue weighted by Crippen LogP contribution is -2.44. The number of anilines is 1. The lowest BCUT2D eigenvalue weighted by atomic mass is 9.94. The average molecular weight is 537 g/mol. The Bertz CT molecular complexity index is 1320. The van der Waals surface area contributed by atoms with E-state index in [1.165, 1.54) is 30.5 Å². The number of hydrogen-bond acceptors (Lipinski definition) is 6. The van der Waals surface area contributed by atoms with Crippen LogP contribution in [0.4, 0.5) is 32.8 Å². The lowest BCUT2D eigenvalue weighted by molar-refractivity contribution is -0.274. The summed E-state index contributed by atoms with van der Waals surface area (Å²) in [7, 11) is 1.04. The van der Waals surface area contributed by atoms with Crippen molar-refractivity contribution in [2.75, 3.05) is 18.6 Å². The third-order valence-electron chi connectivity index (χ3n) is 5.26. The summed E-state index contributed by atoms with van der Waals surface area (Å²) < 4.78 is 59.6. The zero-order chi connectivity index (χ0) is 26.7. The maximum Gasteiger partial charge on any atom is 0.573 e. The van der Waals surface area contributed by atoms with Crippen LogP contribution in [0.1, 0.15) is 17.2 Å². The van der Waals surface area contributed by atoms with E-state index in [1.54, 1.807) is 12.1 Å². The molecule has 1 atom stereocenters. The molecule has 8 nitrogen and oxygen atoms in total. The van der Waals surface area contributed by atoms with Gasteiger partial charge in [-0.3, -0.25) is 4.98 Å². The molecule has 0 saturated carbocycles. The van der Waals surface area contributed by atoms with E-state index in [0.29, 0.717) is 26.9 Å². The van der Waals surface area contributed by atoms with Crippen molar-refractivity contribution in [3.05, 3.63) is 89.0 Å². The van der Waals surface area contributed by atoms with Crippen molar-refractivity contribution in [1.82, 2.24) is 9.99 Å². The molecule has 0 aliphatic carbocycles. The van der Waals surface area contributed by atoms with Gasteiger partial charge in [-0.2, -0.15) is 10.0 Å². The fraction of sp³-hybridized carbons (Fsp3) is 0.167. The number of urea groups is 1. The zero-order valence-electron chi connectivity index (χ0n) is 18.9. The molecule has 0 radical (unpaired) electrons. The van der Waals surface area contributed by atoms with E-state index in [0.717, 1.165) is 36.4 Å². The first-order chi connectivity index (χ1) is 17.6. The van der Waals surface area contributed by atoms with E-state index in [1.807, 2.05) is 0 Å². The first kappa shape index (κ1) is 25.9. The summed E-state index contributed by atoms with van der Waals surface area (Å²) in [4.78, 5) is 30.9. The van der Waals surface area contributed by atoms with E-state index in [-0.39, 0.29) is 12.2 Å². The van der Waals surface area contributed by atoms with Crippen molar-refractivity contribution in [2.24, 2.45) is 5.10 Å². The topological polar surface area (TPSA) is 84.3 Å². The molecule has 0 bridgehead atoms. The van der Waals surface area contributed by atoms with Crippen LogP contribution in [-0.2, 0) is 4.74 Å². The molecular formula is C24H17ClF4N4O4. The summed E-state index contributed by atoms with van der Waals surface area (Å²) >= 11 is 5.95. The molecule has 0 saturated heterocycles. The summed E-state index contributed by atoms with van der Waals surface area (Å²) in [5, 5.41) is 5.77. The number of carbonyl (C=O) groups is 2. The number of carbonyl (C=O) groups excluding carboxylic acids is 2. The number of aromatic nitrogens is 1. The number of hydrazone groups is 1. The van der Waals surface area contributed by atoms with Gasteiger partial charge in [0.15, 0.2) is 0 Å². The van der Waals surface area contributed by atoms with Crippen LogP contribution < -0.4 is 9.64 Å². The van der Waals surface area contributed by atoms with Crippen LogP contribution >= 0.6 is 11.6 Å². The molecule has 1 aliphatic rings. The highest BCUT2D eigenvalue weighted by molar-refractivity contribution is 6.30. The molecule has 13 heteroatoms. The smallest absolute Gasteiger partial charge is 0.452 e. The minimum absolute atomic E-state index is 0.0526. The van der Waals surface area contributed by atoms with Crippen molar-refractivity contribution >= 4 is 35.1 Å². The second kappa shape index (κ2) is 10.4. The van der Waals surface area contributed by atoms with Crippen molar-refractivity contribution in [1.29, 1.82) is 0 Å². The summed E-state index contributed by atoms with van der Waals surface area (Å²) in [6.07, 6.45) is -4.58. The molecule has 4 rings (SSSR count). The second-order valence-electron chi connectivity index (χ2n) is 7.66. The highest BCUT2D eigenvalue weighted by Crippen LogP contribution is 2.31. The predicted molar refractivity (Wildman–Crippen MR) is 125 cm³/mol. The Labute approximate surface area is 212 Å². The van der Waals surface area contributed by atoms with Crippen LogP contribution in [0.2, 0.25) is 5.02 Å². The van der Waals surface area contributed by atoms with Crippen LogP contribution in [0.5, 0.6) is 5.75 Å². The van der Waals surface area contributed by atoms with E-state index in [4.69, 9.17) is 16.3 Å². The predicted octanol–water partition coefficient (Wildman–Crippen LogP) is 5.97. The Hall–Kier alpha value is -4.19. The number of hydrogen-bond donors (Lipinski definition) is 0. The molecule has 3 amide bonds. The number of halogens is 5. The third-order valence-corrected chi connectivity index (χ3v) is 5.48. The quantitative estimate of drug-likeness (QED) is 0.384. The third kappa shape index (κ3) is 5.97. The fourth-order valence-corrected chi connectivity index (χ4v) is 3.74. The number of ether oxygens (including phenoxy) is 2. The van der Waals surface area contributed by atoms with Crippen LogP contribution in [0.3, 0.4) is 0 Å². The molecule has 1 aromatic heterocycles. The van der Waals surface area contributed by atoms with Gasteiger partial charge in [0.25, 0.3) is 0 Å². The largest absolute Gasteiger partial charge is 0.573 e. The van der Waals surface area contributed by atoms with Gasteiger partial charge in [0, 0.05) is 6.20 Å². The molecule has 1 unspecified atom stereocenters. The van der Waals surface area contributed by atoms with Gasteiger partial charge in [-0.15, -0.1) is 13.2 Å². The Morgan fingerprint density at radius 2 is 1.73 bits per heavy atom. The van der Waals surface area contributed by atoms with Gasteiger partial charge in [0.1, 0.15) is 11.6 Å². The SMILES string of the molecule is COC(=O)N(C(=O)N1CC(c2ccc(Cl)cn2)C(c2ccc(F)cc2)=N1)c1ccc(OC(F)(F)F)cc1. The maximum atomic E-state index is 13.5. The van der Waals surface area contributed by atoms with Crippen LogP contribution in [-0.4, -0.2) is 47.8 Å². The first-order valence-corrected chi connectivity index (χ1v) is 10.9. The number of imide groups is 1. The Balaban J connectivity index is 1.68. The Morgan fingerprint density at radius 3 is 2.30 bits per heavy atom. The van der Waals surface area contributed by atoms with Gasteiger partial charge in [0.05, 0.1) is 41.7 Å². The standard InChI is InChI=1S/C24H17ClF4N4O4/c1-36-23(35)33(17-7-9-18(10-8-17)37-24(27,28)29)22(34)32-13-19(20-11-4-15(25)12-30-20)21(31-32)14-2-5-16(26)6-3-14/h2-12,19H,13H2,1H3. The molecule has 3 aromatic rings. The molecule has 2 heterocycles. The molecule has 37 heavy (non-hydrogen) atoms. The average Bonchev–Trinajstić information content (AvgIpc) is 3.30. The van der Waals surface area contributed by atoms with Crippen molar-refractivity contribution in [3.8, 4) is 5.75 Å². The fourth-order valence-electron chi connectivity index (χ4n) is 3.62. The van der Waals surface area contributed by atoms with Crippen molar-refractivity contribution in [3.63, 3.8) is 0 Å². The van der Waals surface area contributed by atoms with Gasteiger partial charge >= 0.3 is 18.5 Å². The zero-order valence-corrected chi connectivity index (χ0v) is 19.7. The van der Waals surface area contributed by atoms with Gasteiger partial charge in [0.2, 0.25) is 0 Å². The van der Waals surface area contributed by atoms with Crippen molar-refractivity contribution in [2.45, 2.75) is 12.3 Å². The molecule has 2 aromatic carbocycles. The second-order valence-corrected chi connectivity index (χ2v) is 8.09. The number of alkyl halides is 3. The van der Waals surface area contributed by atoms with E-state index >= 15 is 0 Å². The highest BCUT2D eigenvalue weighted by atomic mass is 35.5. The number of methoxy groups -OCH3 is 1. The molecule has 1 aliphatic heterocycles. The van der Waals surface area contributed by atoms with Gasteiger partial charge < -0.3 is 9.47 Å². The van der Waals surface area contributed by atoms with E-state index < -0.39 is 36.0 Å². The lowest BCUT2D eigenvalue weighted by Gasteiger charge is -2.24. The van der Waals surface area contributed by atoms with E-state index in [9.17, 15) is 27.2 Å². The maximum absolute atomic E-state index is 13.5. The molecule has 0 spiro atoms. The number of amides is 3. The summed E-state index contributed by atoms with van der Waals surface area (Å²) in [6, 6.07) is 11.9. The number of nitrogens with zero attached hydrogens (tertiary/aromatic N) is 4. The minimum atomic E-state index is -4.91. The summed E-state index contributed by atoms with van der Waals surface area (Å²) in [6.45, 7) is -0.0526. The minimum Gasteiger partial charge on any atom is -0.452 e. The number of pyridine rings is 1. The monoisotopic (exact) mass is 536 g/mol. The molecule has 0 N–H and O–H groups in total. The molecular weight excluding hydrogens is 520 g/mol. The number of rotatable bonds is 4. The van der Waals surface area contributed by atoms with Crippen LogP contribution in [0, 0.1) is 5.82 Å². The van der Waals surface area contributed by atoms with Crippen LogP contribution in [0.15, 0.2) is 72.0 Å². The summed E-state index contributed by atoms with van der Waals surface area (Å²) in [5.74, 6) is -1.57. The van der Waals surface area contributed by atoms with Gasteiger partial charge in [-0.25, -0.2) is 19.0 Å². The first-order valence-electron chi connectivity index (χ1n) is 10.6. The van der Waals surface area contributed by atoms with Gasteiger partial charge in [-0.1, -0.05) is 23.7 Å². The van der Waals surface area contributed by atoms with E-state index in [2.05, 4.69) is 14.8 Å². The molecule has 0 fully saturated rings. The molecule has 192 valence electrons. The number of benzene rings is 2. The van der Waals surface area contributed by atoms with Gasteiger partial charge in [-0.05, 0) is 54.1 Å². The Kier molecular flexibility index (Phi) is 7.30. The summed E-state index contributed by atoms with van der Waals surface area (Å²) in [5.41, 5.74) is 1.32. The highest BCUT2D eigenvalue weighted by Gasteiger charge is 2.38. The normalized spacial score (nSPS) is 15.2. The van der Waals surface area contributed by atoms with Crippen LogP contribution in [0.25, 0.3) is 0 Å².